The van der Waals surface area contributed by atoms with Crippen molar-refractivity contribution in [3.8, 4) is 0 Å². The van der Waals surface area contributed by atoms with E-state index in [9.17, 15) is 9.59 Å². The molecule has 0 N–H and O–H groups in total. The van der Waals surface area contributed by atoms with E-state index < -0.39 is 11.1 Å². The van der Waals surface area contributed by atoms with E-state index in [1.807, 2.05) is 0 Å². The van der Waals surface area contributed by atoms with Crippen LogP contribution < -0.4 is 0 Å². The first-order valence-electron chi connectivity index (χ1n) is 2.38. The number of carbonyl (C=O) groups excluding carboxylic acids is 2. The summed E-state index contributed by atoms with van der Waals surface area (Å²) in [5, 5.41) is 6.57. The Labute approximate surface area is 66.5 Å². The monoisotopic (exact) mass is 182 g/mol. The van der Waals surface area contributed by atoms with Crippen molar-refractivity contribution in [2.45, 2.75) is 0 Å². The lowest BCUT2D eigenvalue weighted by molar-refractivity contribution is -0.610. The molecule has 0 saturated heterocycles. The Hall–Kier alpha value is -0.630. The first-order chi connectivity index (χ1) is 5.22. The van der Waals surface area contributed by atoms with Crippen LogP contribution in [-0.4, -0.2) is 24.5 Å². The van der Waals surface area contributed by atoms with Gasteiger partial charge in [-0.1, -0.05) is 11.8 Å². The fourth-order valence-corrected chi connectivity index (χ4v) is 0.391. The Bertz CT molecular complexity index is 146. The minimum Gasteiger partial charge on any atom is -0.274 e. The molecule has 0 spiro atoms. The van der Waals surface area contributed by atoms with Gasteiger partial charge in [-0.15, -0.1) is 0 Å². The number of thioether (sulfide) groups is 1. The van der Waals surface area contributed by atoms with Crippen LogP contribution in [-0.2, 0) is 29.4 Å². The zero-order chi connectivity index (χ0) is 8.69. The third-order valence-corrected chi connectivity index (χ3v) is 1.10. The van der Waals surface area contributed by atoms with Gasteiger partial charge < -0.3 is 0 Å². The molecule has 6 nitrogen and oxygen atoms in total. The molecule has 11 heavy (non-hydrogen) atoms. The molecule has 7 heteroatoms. The SMILES string of the molecule is COOOOC(=O)C(=O)SC. The summed E-state index contributed by atoms with van der Waals surface area (Å²) in [6.45, 7) is 0. The molecule has 0 bridgehead atoms. The molecule has 0 aromatic rings. The smallest absolute Gasteiger partial charge is 0.274 e. The van der Waals surface area contributed by atoms with Gasteiger partial charge in [0.25, 0.3) is 5.12 Å². The van der Waals surface area contributed by atoms with Gasteiger partial charge in [0.2, 0.25) is 0 Å². The first-order valence-corrected chi connectivity index (χ1v) is 3.61. The largest absolute Gasteiger partial charge is 0.422 e. The number of rotatable bonds is 3. The lowest BCUT2D eigenvalue weighted by Gasteiger charge is -1.96. The quantitative estimate of drug-likeness (QED) is 0.260. The molecule has 64 valence electrons. The van der Waals surface area contributed by atoms with E-state index in [4.69, 9.17) is 0 Å². The van der Waals surface area contributed by atoms with E-state index in [-0.39, 0.29) is 0 Å². The molecule has 0 aromatic carbocycles. The van der Waals surface area contributed by atoms with Crippen molar-refractivity contribution in [1.29, 1.82) is 0 Å². The van der Waals surface area contributed by atoms with Crippen LogP contribution in [0.25, 0.3) is 0 Å². The third kappa shape index (κ3) is 4.73. The maximum atomic E-state index is 10.4. The minimum absolute atomic E-state index is 0.701. The van der Waals surface area contributed by atoms with Crippen molar-refractivity contribution < 1.29 is 29.4 Å². The third-order valence-electron chi connectivity index (χ3n) is 0.558. The van der Waals surface area contributed by atoms with Crippen LogP contribution in [0.5, 0.6) is 0 Å². The summed E-state index contributed by atoms with van der Waals surface area (Å²) in [5.41, 5.74) is 0. The van der Waals surface area contributed by atoms with Crippen LogP contribution in [0.2, 0.25) is 0 Å². The standard InChI is InChI=1S/C4H6O6S/c1-7-9-10-8-3(5)4(6)11-2/h1-2H3. The van der Waals surface area contributed by atoms with Crippen molar-refractivity contribution in [3.05, 3.63) is 0 Å². The van der Waals surface area contributed by atoms with Gasteiger partial charge in [-0.25, -0.2) is 9.68 Å². The van der Waals surface area contributed by atoms with Crippen molar-refractivity contribution in [2.75, 3.05) is 13.4 Å². The topological polar surface area (TPSA) is 71.1 Å². The van der Waals surface area contributed by atoms with E-state index in [0.717, 1.165) is 7.11 Å². The van der Waals surface area contributed by atoms with Crippen molar-refractivity contribution in [2.24, 2.45) is 0 Å². The average molecular weight is 182 g/mol. The van der Waals surface area contributed by atoms with Crippen LogP contribution in [0.4, 0.5) is 0 Å². The molecule has 0 radical (unpaired) electrons. The molecule has 0 saturated carbocycles. The Morgan fingerprint density at radius 1 is 1.27 bits per heavy atom. The Kier molecular flexibility index (Phi) is 5.75. The van der Waals surface area contributed by atoms with Gasteiger partial charge in [-0.05, 0) is 11.3 Å². The molecule has 0 heterocycles. The van der Waals surface area contributed by atoms with Crippen molar-refractivity contribution in [1.82, 2.24) is 0 Å². The second kappa shape index (κ2) is 6.10. The van der Waals surface area contributed by atoms with E-state index in [1.165, 1.54) is 6.26 Å². The summed E-state index contributed by atoms with van der Waals surface area (Å²) < 4.78 is 0. The molecular formula is C4H6O6S. The maximum absolute atomic E-state index is 10.4. The summed E-state index contributed by atoms with van der Waals surface area (Å²) in [6.07, 6.45) is 1.43. The molecule has 0 unspecified atom stereocenters. The molecular weight excluding hydrogens is 176 g/mol. The van der Waals surface area contributed by atoms with Crippen LogP contribution >= 0.6 is 11.8 Å². The van der Waals surface area contributed by atoms with Gasteiger partial charge in [0.1, 0.15) is 0 Å². The second-order valence-electron chi connectivity index (χ2n) is 1.17. The normalized spacial score (nSPS) is 9.27. The highest BCUT2D eigenvalue weighted by atomic mass is 32.2. The highest BCUT2D eigenvalue weighted by Crippen LogP contribution is 1.97. The number of hydrogen-bond donors (Lipinski definition) is 0. The van der Waals surface area contributed by atoms with Gasteiger partial charge in [0, 0.05) is 5.04 Å². The molecule has 0 aromatic heterocycles. The summed E-state index contributed by atoms with van der Waals surface area (Å²) in [4.78, 5) is 28.5. The first kappa shape index (κ1) is 10.4. The lowest BCUT2D eigenvalue weighted by Crippen LogP contribution is -2.14. The Morgan fingerprint density at radius 2 is 1.91 bits per heavy atom. The van der Waals surface area contributed by atoms with Crippen LogP contribution in [0.1, 0.15) is 0 Å². The molecule has 0 fully saturated rings. The van der Waals surface area contributed by atoms with E-state index in [0.29, 0.717) is 11.8 Å². The van der Waals surface area contributed by atoms with E-state index in [2.05, 4.69) is 19.9 Å². The maximum Gasteiger partial charge on any atom is 0.422 e. The fraction of sp³-hybridized carbons (Fsp3) is 0.500. The van der Waals surface area contributed by atoms with Gasteiger partial charge >= 0.3 is 5.97 Å². The molecule has 0 rings (SSSR count). The van der Waals surface area contributed by atoms with Crippen LogP contribution in [0.15, 0.2) is 0 Å². The fourth-order valence-electron chi connectivity index (χ4n) is 0.190. The van der Waals surface area contributed by atoms with Crippen LogP contribution in [0, 0.1) is 0 Å². The van der Waals surface area contributed by atoms with Gasteiger partial charge in [-0.2, -0.15) is 0 Å². The summed E-state index contributed by atoms with van der Waals surface area (Å²) in [6, 6.07) is 0. The molecule has 0 atom stereocenters. The number of hydrogen-bond acceptors (Lipinski definition) is 7. The second-order valence-corrected chi connectivity index (χ2v) is 1.94. The van der Waals surface area contributed by atoms with E-state index in [1.54, 1.807) is 0 Å². The lowest BCUT2D eigenvalue weighted by atomic mass is 10.8. The summed E-state index contributed by atoms with van der Waals surface area (Å²) in [5.74, 6) is -1.16. The zero-order valence-electron chi connectivity index (χ0n) is 5.86. The Morgan fingerprint density at radius 3 is 2.36 bits per heavy atom. The average Bonchev–Trinajstić information content (AvgIpc) is 2.03. The molecule has 0 aliphatic rings. The van der Waals surface area contributed by atoms with Crippen molar-refractivity contribution >= 4 is 22.8 Å². The highest BCUT2D eigenvalue weighted by Gasteiger charge is 2.15. The van der Waals surface area contributed by atoms with E-state index >= 15 is 0 Å². The molecule has 0 aliphatic carbocycles. The minimum atomic E-state index is -1.16. The number of carbonyl (C=O) groups is 2. The van der Waals surface area contributed by atoms with Crippen molar-refractivity contribution in [3.63, 3.8) is 0 Å². The van der Waals surface area contributed by atoms with Gasteiger partial charge in [0.05, 0.1) is 7.11 Å². The van der Waals surface area contributed by atoms with Crippen LogP contribution in [0.3, 0.4) is 0 Å². The Balaban J connectivity index is 3.44. The predicted molar refractivity (Wildman–Crippen MR) is 33.8 cm³/mol. The molecule has 0 aliphatic heterocycles. The predicted octanol–water partition coefficient (Wildman–Crippen LogP) is -0.156. The highest BCUT2D eigenvalue weighted by molar-refractivity contribution is 8.14. The molecule has 0 amide bonds. The van der Waals surface area contributed by atoms with Gasteiger partial charge in [0.15, 0.2) is 0 Å². The zero-order valence-corrected chi connectivity index (χ0v) is 6.67. The summed E-state index contributed by atoms with van der Waals surface area (Å²) in [7, 11) is 1.14. The van der Waals surface area contributed by atoms with Gasteiger partial charge in [-0.3, -0.25) is 9.68 Å². The summed E-state index contributed by atoms with van der Waals surface area (Å²) >= 11 is 0.701.